The van der Waals surface area contributed by atoms with Crippen LogP contribution in [0.4, 0.5) is 9.59 Å². The van der Waals surface area contributed by atoms with Crippen LogP contribution in [0.2, 0.25) is 0 Å². The Hall–Kier alpha value is -1.31. The van der Waals surface area contributed by atoms with E-state index >= 15 is 0 Å². The van der Waals surface area contributed by atoms with Gasteiger partial charge in [0.1, 0.15) is 0 Å². The molecule has 1 aliphatic heterocycles. The molecule has 59 valence electrons. The molecular formula is C2H3B3N3O4. The highest BCUT2D eigenvalue weighted by molar-refractivity contribution is 6.70. The van der Waals surface area contributed by atoms with Crippen LogP contribution in [-0.2, 0) is 0 Å². The molecule has 0 bridgehead atoms. The number of carbonyl (C=O) groups is 2. The minimum atomic E-state index is -1.26. The number of rotatable bonds is 0. The van der Waals surface area contributed by atoms with E-state index in [0.29, 0.717) is 9.44 Å². The van der Waals surface area contributed by atoms with Crippen LogP contribution < -0.4 is 5.14 Å². The molecule has 3 N–H and O–H groups in total. The zero-order valence-corrected chi connectivity index (χ0v) is 5.84. The van der Waals surface area contributed by atoms with Gasteiger partial charge in [-0.05, 0) is 0 Å². The van der Waals surface area contributed by atoms with Crippen molar-refractivity contribution in [2.24, 2.45) is 0 Å². The number of hydrogen-bond acceptors (Lipinski definition) is 3. The predicted molar refractivity (Wildman–Crippen MR) is 40.1 cm³/mol. The van der Waals surface area contributed by atoms with E-state index in [-0.39, 0.29) is 0 Å². The second-order valence-corrected chi connectivity index (χ2v) is 1.92. The lowest BCUT2D eigenvalue weighted by Crippen LogP contribution is -2.62. The van der Waals surface area contributed by atoms with Gasteiger partial charge in [-0.1, -0.05) is 0 Å². The highest BCUT2D eigenvalue weighted by atomic mass is 16.4. The molecule has 1 rings (SSSR count). The normalized spacial score (nSPS) is 15.7. The lowest BCUT2D eigenvalue weighted by molar-refractivity contribution is 0.180. The first-order valence-electron chi connectivity index (χ1n) is 2.91. The van der Waals surface area contributed by atoms with Crippen molar-refractivity contribution >= 4 is 34.8 Å². The van der Waals surface area contributed by atoms with E-state index in [1.807, 2.05) is 0 Å². The fourth-order valence-corrected chi connectivity index (χ4v) is 0.604. The molecule has 0 aromatic rings. The quantitative estimate of drug-likeness (QED) is 0.367. The maximum absolute atomic E-state index is 10.3. The summed E-state index contributed by atoms with van der Waals surface area (Å²) in [6, 6.07) is 0. The Kier molecular flexibility index (Phi) is 2.49. The van der Waals surface area contributed by atoms with Gasteiger partial charge in [0.15, 0.2) is 0 Å². The number of carboxylic acid groups (broad SMARTS) is 2. The summed E-state index contributed by atoms with van der Waals surface area (Å²) < 4.78 is 1.38. The molecule has 10 heteroatoms. The van der Waals surface area contributed by atoms with Crippen LogP contribution in [0.15, 0.2) is 0 Å². The molecule has 0 aromatic heterocycles. The third-order valence-electron chi connectivity index (χ3n) is 1.12. The summed E-state index contributed by atoms with van der Waals surface area (Å²) in [5.41, 5.74) is 0. The Labute approximate surface area is 70.2 Å². The lowest BCUT2D eigenvalue weighted by Gasteiger charge is -2.29. The van der Waals surface area contributed by atoms with Gasteiger partial charge in [0.05, 0.1) is 0 Å². The molecule has 3 radical (unpaired) electrons. The highest BCUT2D eigenvalue weighted by Gasteiger charge is 2.28. The maximum atomic E-state index is 10.3. The molecule has 0 aromatic carbocycles. The van der Waals surface area contributed by atoms with Crippen LogP contribution in [-0.4, -0.2) is 54.5 Å². The molecule has 0 unspecified atom stereocenters. The van der Waals surface area contributed by atoms with Gasteiger partial charge < -0.3 is 24.8 Å². The fourth-order valence-electron chi connectivity index (χ4n) is 0.604. The Morgan fingerprint density at radius 1 is 1.08 bits per heavy atom. The molecule has 0 aliphatic carbocycles. The van der Waals surface area contributed by atoms with Gasteiger partial charge >= 0.3 is 34.8 Å². The monoisotopic (exact) mass is 166 g/mol. The van der Waals surface area contributed by atoms with Gasteiger partial charge in [-0.3, -0.25) is 0 Å². The smallest absolute Gasteiger partial charge is 0.384 e. The highest BCUT2D eigenvalue weighted by Crippen LogP contribution is 1.93. The van der Waals surface area contributed by atoms with E-state index in [1.54, 1.807) is 0 Å². The van der Waals surface area contributed by atoms with Crippen LogP contribution in [0.3, 0.4) is 0 Å². The van der Waals surface area contributed by atoms with E-state index in [2.05, 4.69) is 5.14 Å². The van der Waals surface area contributed by atoms with Gasteiger partial charge in [-0.25, -0.2) is 9.59 Å². The van der Waals surface area contributed by atoms with Crippen molar-refractivity contribution in [3.8, 4) is 0 Å². The number of hydrogen-bond donors (Lipinski definition) is 3. The van der Waals surface area contributed by atoms with Crippen molar-refractivity contribution in [1.82, 2.24) is 14.6 Å². The van der Waals surface area contributed by atoms with Crippen molar-refractivity contribution in [2.75, 3.05) is 0 Å². The summed E-state index contributed by atoms with van der Waals surface area (Å²) in [7, 11) is 3.14. The molecule has 0 atom stereocenters. The molecular weight excluding hydrogens is 162 g/mol. The van der Waals surface area contributed by atoms with E-state index in [9.17, 15) is 9.59 Å². The van der Waals surface area contributed by atoms with Gasteiger partial charge in [-0.15, -0.1) is 0 Å². The van der Waals surface area contributed by atoms with Gasteiger partial charge in [-0.2, -0.15) is 0 Å². The molecule has 12 heavy (non-hydrogen) atoms. The Bertz CT molecular complexity index is 192. The molecule has 0 saturated carbocycles. The Balaban J connectivity index is 2.51. The SMILES string of the molecule is O=C(O)N1[B]N[B]N(C(=O)O)[B]1. The molecule has 7 nitrogen and oxygen atoms in total. The van der Waals surface area contributed by atoms with Crippen LogP contribution >= 0.6 is 0 Å². The van der Waals surface area contributed by atoms with E-state index in [0.717, 1.165) is 22.6 Å². The first-order valence-corrected chi connectivity index (χ1v) is 2.91. The third kappa shape index (κ3) is 1.85. The van der Waals surface area contributed by atoms with Crippen LogP contribution in [0, 0.1) is 0 Å². The summed E-state index contributed by atoms with van der Waals surface area (Å²) in [6.45, 7) is 0. The second-order valence-electron chi connectivity index (χ2n) is 1.92. The summed E-state index contributed by atoms with van der Waals surface area (Å²) >= 11 is 0. The zero-order chi connectivity index (χ0) is 9.14. The van der Waals surface area contributed by atoms with Gasteiger partial charge in [0.25, 0.3) is 0 Å². The topological polar surface area (TPSA) is 93.1 Å². The molecule has 1 heterocycles. The molecule has 1 fully saturated rings. The zero-order valence-electron chi connectivity index (χ0n) is 5.84. The number of amides is 2. The molecule has 0 spiro atoms. The Morgan fingerprint density at radius 3 is 1.83 bits per heavy atom. The van der Waals surface area contributed by atoms with Crippen LogP contribution in [0.5, 0.6) is 0 Å². The minimum absolute atomic E-state index is 0.689. The third-order valence-corrected chi connectivity index (χ3v) is 1.12. The van der Waals surface area contributed by atoms with Gasteiger partial charge in [0, 0.05) is 0 Å². The first-order chi connectivity index (χ1) is 5.61. The minimum Gasteiger partial charge on any atom is -0.467 e. The second kappa shape index (κ2) is 3.39. The average molecular weight is 165 g/mol. The lowest BCUT2D eigenvalue weighted by atomic mass is 9.78. The van der Waals surface area contributed by atoms with E-state index in [1.165, 1.54) is 0 Å². The van der Waals surface area contributed by atoms with E-state index in [4.69, 9.17) is 10.2 Å². The van der Waals surface area contributed by atoms with Crippen molar-refractivity contribution in [1.29, 1.82) is 0 Å². The van der Waals surface area contributed by atoms with Gasteiger partial charge in [0.2, 0.25) is 0 Å². The maximum Gasteiger partial charge on any atom is 0.384 e. The number of nitrogens with one attached hydrogen (secondary N) is 1. The van der Waals surface area contributed by atoms with Crippen molar-refractivity contribution in [3.05, 3.63) is 0 Å². The summed E-state index contributed by atoms with van der Waals surface area (Å²) in [5.74, 6) is 0. The summed E-state index contributed by atoms with van der Waals surface area (Å²) in [4.78, 5) is 20.6. The molecule has 2 amide bonds. The molecule has 1 aliphatic rings. The predicted octanol–water partition coefficient (Wildman–Crippen LogP) is -1.85. The molecule has 1 saturated heterocycles. The Morgan fingerprint density at radius 2 is 1.50 bits per heavy atom. The summed E-state index contributed by atoms with van der Waals surface area (Å²) in [5, 5.41) is 19.2. The van der Waals surface area contributed by atoms with Crippen LogP contribution in [0.1, 0.15) is 0 Å². The standard InChI is InChI=1S/C2H3B3N3O4/c9-1(10)7-3-6-4-8(5-7)2(11)12/h6H,(H,9,10)(H,11,12). The van der Waals surface area contributed by atoms with Crippen LogP contribution in [0.25, 0.3) is 0 Å². The van der Waals surface area contributed by atoms with E-state index < -0.39 is 12.2 Å². The fraction of sp³-hybridized carbons (Fsp3) is 0. The average Bonchev–Trinajstić information content (AvgIpc) is 2.04. The van der Waals surface area contributed by atoms with Crippen molar-refractivity contribution in [2.45, 2.75) is 0 Å². The van der Waals surface area contributed by atoms with Crippen molar-refractivity contribution in [3.63, 3.8) is 0 Å². The number of nitrogens with zero attached hydrogens (tertiary/aromatic N) is 2. The first kappa shape index (κ1) is 8.79. The van der Waals surface area contributed by atoms with Crippen molar-refractivity contribution < 1.29 is 19.8 Å². The largest absolute Gasteiger partial charge is 0.467 e. The summed E-state index contributed by atoms with van der Waals surface area (Å²) in [6.07, 6.45) is -2.52.